The van der Waals surface area contributed by atoms with Crippen LogP contribution in [0.1, 0.15) is 25.7 Å². The van der Waals surface area contributed by atoms with Gasteiger partial charge < -0.3 is 14.7 Å². The lowest BCUT2D eigenvalue weighted by molar-refractivity contribution is -0.174. The molecule has 2 aliphatic rings. The van der Waals surface area contributed by atoms with Crippen LogP contribution in [-0.2, 0) is 14.3 Å². The van der Waals surface area contributed by atoms with Crippen LogP contribution in [0, 0.1) is 0 Å². The van der Waals surface area contributed by atoms with E-state index >= 15 is 0 Å². The van der Waals surface area contributed by atoms with E-state index in [4.69, 9.17) is 4.74 Å². The summed E-state index contributed by atoms with van der Waals surface area (Å²) in [6.07, 6.45) is 3.32. The Morgan fingerprint density at radius 3 is 2.47 bits per heavy atom. The standard InChI is InChI=1S/C10H15NO4/c1-15-8-4-10(5-8,9(13)14)11(6-12)7-2-3-7/h6-8H,2-5H2,1H3,(H,13,14). The zero-order valence-electron chi connectivity index (χ0n) is 8.68. The van der Waals surface area contributed by atoms with E-state index in [-0.39, 0.29) is 12.1 Å². The van der Waals surface area contributed by atoms with Gasteiger partial charge in [0.15, 0.2) is 0 Å². The van der Waals surface area contributed by atoms with Crippen LogP contribution in [0.5, 0.6) is 0 Å². The van der Waals surface area contributed by atoms with Gasteiger partial charge in [-0.25, -0.2) is 4.79 Å². The molecular formula is C10H15NO4. The number of ether oxygens (including phenoxy) is 1. The largest absolute Gasteiger partial charge is 0.479 e. The lowest BCUT2D eigenvalue weighted by Gasteiger charge is -2.49. The third-order valence-electron chi connectivity index (χ3n) is 3.41. The monoisotopic (exact) mass is 213 g/mol. The number of carbonyl (C=O) groups is 2. The summed E-state index contributed by atoms with van der Waals surface area (Å²) in [6.45, 7) is 0. The normalized spacial score (nSPS) is 34.3. The Morgan fingerprint density at radius 2 is 2.13 bits per heavy atom. The van der Waals surface area contributed by atoms with Gasteiger partial charge in [0.05, 0.1) is 6.10 Å². The SMILES string of the molecule is COC1CC(C(=O)O)(N(C=O)C2CC2)C1. The van der Waals surface area contributed by atoms with E-state index in [0.29, 0.717) is 19.3 Å². The van der Waals surface area contributed by atoms with Crippen LogP contribution >= 0.6 is 0 Å². The smallest absolute Gasteiger partial charge is 0.329 e. The van der Waals surface area contributed by atoms with Gasteiger partial charge in [0.2, 0.25) is 6.41 Å². The number of nitrogens with zero attached hydrogens (tertiary/aromatic N) is 1. The third kappa shape index (κ3) is 1.51. The van der Waals surface area contributed by atoms with Crippen molar-refractivity contribution in [1.82, 2.24) is 4.90 Å². The predicted octanol–water partition coefficient (Wildman–Crippen LogP) is 0.239. The number of carbonyl (C=O) groups excluding carboxylic acids is 1. The number of amides is 1. The van der Waals surface area contributed by atoms with Crippen LogP contribution in [0.15, 0.2) is 0 Å². The molecule has 1 amide bonds. The maximum atomic E-state index is 11.2. The molecule has 0 heterocycles. The number of aliphatic carboxylic acids is 1. The highest BCUT2D eigenvalue weighted by Gasteiger charge is 2.57. The molecule has 5 nitrogen and oxygen atoms in total. The van der Waals surface area contributed by atoms with Crippen molar-refractivity contribution in [3.05, 3.63) is 0 Å². The predicted molar refractivity (Wildman–Crippen MR) is 51.3 cm³/mol. The van der Waals surface area contributed by atoms with E-state index in [1.54, 1.807) is 7.11 Å². The lowest BCUT2D eigenvalue weighted by atomic mass is 9.73. The third-order valence-corrected chi connectivity index (χ3v) is 3.41. The number of rotatable bonds is 5. The molecule has 0 saturated heterocycles. The van der Waals surface area contributed by atoms with Gasteiger partial charge in [-0.15, -0.1) is 0 Å². The van der Waals surface area contributed by atoms with E-state index in [1.165, 1.54) is 4.90 Å². The zero-order valence-corrected chi connectivity index (χ0v) is 8.68. The molecule has 0 bridgehead atoms. The molecule has 2 saturated carbocycles. The number of hydrogen-bond donors (Lipinski definition) is 1. The minimum Gasteiger partial charge on any atom is -0.479 e. The molecule has 84 valence electrons. The Morgan fingerprint density at radius 1 is 1.53 bits per heavy atom. The minimum absolute atomic E-state index is 0.0256. The number of carboxylic acids is 1. The van der Waals surface area contributed by atoms with Crippen LogP contribution in [0.2, 0.25) is 0 Å². The molecular weight excluding hydrogens is 198 g/mol. The Balaban J connectivity index is 2.12. The molecule has 0 unspecified atom stereocenters. The van der Waals surface area contributed by atoms with Crippen molar-refractivity contribution in [1.29, 1.82) is 0 Å². The molecule has 2 rings (SSSR count). The van der Waals surface area contributed by atoms with Gasteiger partial charge in [-0.1, -0.05) is 0 Å². The Bertz CT molecular complexity index is 281. The second-order valence-electron chi connectivity index (χ2n) is 4.35. The summed E-state index contributed by atoms with van der Waals surface area (Å²) >= 11 is 0. The molecule has 0 aromatic rings. The molecule has 2 aliphatic carbocycles. The topological polar surface area (TPSA) is 66.8 Å². The van der Waals surface area contributed by atoms with Crippen LogP contribution < -0.4 is 0 Å². The fourth-order valence-electron chi connectivity index (χ4n) is 2.25. The van der Waals surface area contributed by atoms with Gasteiger partial charge in [0, 0.05) is 26.0 Å². The van der Waals surface area contributed by atoms with Crippen LogP contribution in [0.3, 0.4) is 0 Å². The van der Waals surface area contributed by atoms with E-state index in [1.807, 2.05) is 0 Å². The zero-order chi connectivity index (χ0) is 11.1. The van der Waals surface area contributed by atoms with Gasteiger partial charge in [-0.05, 0) is 12.8 Å². The first-order valence-corrected chi connectivity index (χ1v) is 5.14. The van der Waals surface area contributed by atoms with Crippen LogP contribution in [0.25, 0.3) is 0 Å². The average Bonchev–Trinajstić information content (AvgIpc) is 2.93. The van der Waals surface area contributed by atoms with Crippen LogP contribution in [0.4, 0.5) is 0 Å². The molecule has 1 N–H and O–H groups in total. The Kier molecular flexibility index (Phi) is 2.42. The van der Waals surface area contributed by atoms with Crippen molar-refractivity contribution in [2.45, 2.75) is 43.4 Å². The quantitative estimate of drug-likeness (QED) is 0.664. The highest BCUT2D eigenvalue weighted by atomic mass is 16.5. The number of methoxy groups -OCH3 is 1. The fraction of sp³-hybridized carbons (Fsp3) is 0.800. The summed E-state index contributed by atoms with van der Waals surface area (Å²) in [5, 5.41) is 9.22. The van der Waals surface area contributed by atoms with E-state index in [9.17, 15) is 14.7 Å². The van der Waals surface area contributed by atoms with Gasteiger partial charge in [0.1, 0.15) is 5.54 Å². The number of hydrogen-bond acceptors (Lipinski definition) is 3. The van der Waals surface area contributed by atoms with Crippen molar-refractivity contribution in [2.24, 2.45) is 0 Å². The molecule has 0 atom stereocenters. The molecule has 5 heteroatoms. The van der Waals surface area contributed by atoms with Crippen molar-refractivity contribution in [3.63, 3.8) is 0 Å². The van der Waals surface area contributed by atoms with E-state index in [2.05, 4.69) is 0 Å². The first-order chi connectivity index (χ1) is 7.14. The molecule has 0 aliphatic heterocycles. The van der Waals surface area contributed by atoms with Gasteiger partial charge in [-0.2, -0.15) is 0 Å². The highest BCUT2D eigenvalue weighted by Crippen LogP contribution is 2.44. The first kappa shape index (κ1) is 10.4. The summed E-state index contributed by atoms with van der Waals surface area (Å²) in [7, 11) is 1.57. The average molecular weight is 213 g/mol. The highest BCUT2D eigenvalue weighted by molar-refractivity contribution is 5.83. The Labute approximate surface area is 88.0 Å². The molecule has 2 fully saturated rings. The van der Waals surface area contributed by atoms with Crippen LogP contribution in [-0.4, -0.2) is 47.2 Å². The first-order valence-electron chi connectivity index (χ1n) is 5.14. The molecule has 0 spiro atoms. The minimum atomic E-state index is -0.996. The van der Waals surface area contributed by atoms with Crippen molar-refractivity contribution < 1.29 is 19.4 Å². The maximum Gasteiger partial charge on any atom is 0.329 e. The second-order valence-corrected chi connectivity index (χ2v) is 4.35. The fourth-order valence-corrected chi connectivity index (χ4v) is 2.25. The van der Waals surface area contributed by atoms with Gasteiger partial charge in [0.25, 0.3) is 0 Å². The maximum absolute atomic E-state index is 11.2. The molecule has 15 heavy (non-hydrogen) atoms. The second kappa shape index (κ2) is 3.48. The summed E-state index contributed by atoms with van der Waals surface area (Å²) < 4.78 is 5.08. The van der Waals surface area contributed by atoms with Gasteiger partial charge in [-0.3, -0.25) is 4.79 Å². The Hall–Kier alpha value is -1.10. The van der Waals surface area contributed by atoms with E-state index in [0.717, 1.165) is 12.8 Å². The summed E-state index contributed by atoms with van der Waals surface area (Å²) in [6, 6.07) is 0.136. The summed E-state index contributed by atoms with van der Waals surface area (Å²) in [5.41, 5.74) is -0.996. The summed E-state index contributed by atoms with van der Waals surface area (Å²) in [4.78, 5) is 23.7. The molecule has 0 radical (unpaired) electrons. The summed E-state index contributed by atoms with van der Waals surface area (Å²) in [5.74, 6) is -0.908. The molecule has 0 aromatic heterocycles. The van der Waals surface area contributed by atoms with Crippen molar-refractivity contribution in [3.8, 4) is 0 Å². The van der Waals surface area contributed by atoms with Crippen molar-refractivity contribution >= 4 is 12.4 Å². The number of carboxylic acid groups (broad SMARTS) is 1. The van der Waals surface area contributed by atoms with Gasteiger partial charge >= 0.3 is 5.97 Å². The van der Waals surface area contributed by atoms with E-state index < -0.39 is 11.5 Å². The van der Waals surface area contributed by atoms with Crippen molar-refractivity contribution in [2.75, 3.05) is 7.11 Å². The lowest BCUT2D eigenvalue weighted by Crippen LogP contribution is -2.64. The molecule has 0 aromatic carbocycles.